The van der Waals surface area contributed by atoms with E-state index in [1.165, 1.54) is 28.6 Å². The summed E-state index contributed by atoms with van der Waals surface area (Å²) in [6, 6.07) is 5.35. The minimum absolute atomic E-state index is 0.0549. The Balaban J connectivity index is 2.02. The van der Waals surface area contributed by atoms with Gasteiger partial charge in [-0.05, 0) is 50.5 Å². The van der Waals surface area contributed by atoms with Crippen LogP contribution in [0.15, 0.2) is 34.1 Å². The highest BCUT2D eigenvalue weighted by molar-refractivity contribution is 7.89. The van der Waals surface area contributed by atoms with Gasteiger partial charge in [-0.15, -0.1) is 0 Å². The van der Waals surface area contributed by atoms with Crippen LogP contribution in [0.5, 0.6) is 0 Å². The predicted molar refractivity (Wildman–Crippen MR) is 90.7 cm³/mol. The summed E-state index contributed by atoms with van der Waals surface area (Å²) < 4.78 is 58.2. The Morgan fingerprint density at radius 2 is 1.62 bits per heavy atom. The van der Waals surface area contributed by atoms with Gasteiger partial charge in [0.1, 0.15) is 0 Å². The lowest BCUT2D eigenvalue weighted by atomic mass is 10.4. The Morgan fingerprint density at radius 3 is 2.21 bits per heavy atom. The van der Waals surface area contributed by atoms with Crippen molar-refractivity contribution in [1.82, 2.24) is 9.03 Å². The third-order valence-corrected chi connectivity index (χ3v) is 7.19. The summed E-state index contributed by atoms with van der Waals surface area (Å²) in [4.78, 5) is 0.180. The maximum atomic E-state index is 12.4. The van der Waals surface area contributed by atoms with Crippen LogP contribution < -0.4 is 4.72 Å². The highest BCUT2D eigenvalue weighted by atomic mass is 32.2. The van der Waals surface area contributed by atoms with Crippen LogP contribution in [-0.2, 0) is 24.8 Å². The van der Waals surface area contributed by atoms with E-state index >= 15 is 0 Å². The molecule has 0 aromatic heterocycles. The van der Waals surface area contributed by atoms with Crippen molar-refractivity contribution in [1.29, 1.82) is 0 Å². The molecule has 1 aliphatic rings. The highest BCUT2D eigenvalue weighted by Crippen LogP contribution is 2.22. The largest absolute Gasteiger partial charge is 0.382 e. The maximum absolute atomic E-state index is 12.4. The normalized spacial score (nSPS) is 16.5. The average Bonchev–Trinajstić information content (AvgIpc) is 3.10. The summed E-state index contributed by atoms with van der Waals surface area (Å²) in [6.07, 6.45) is 2.29. The maximum Gasteiger partial charge on any atom is 0.243 e. The summed E-state index contributed by atoms with van der Waals surface area (Å²) in [5.41, 5.74) is 0. The zero-order valence-corrected chi connectivity index (χ0v) is 15.4. The minimum Gasteiger partial charge on any atom is -0.382 e. The number of hydrogen-bond acceptors (Lipinski definition) is 5. The van der Waals surface area contributed by atoms with Gasteiger partial charge in [0.05, 0.1) is 9.79 Å². The molecule has 2 rings (SSSR count). The lowest BCUT2D eigenvalue weighted by molar-refractivity contribution is 0.146. The third-order valence-electron chi connectivity index (χ3n) is 3.80. The fourth-order valence-electron chi connectivity index (χ4n) is 2.48. The fraction of sp³-hybridized carbons (Fsp3) is 0.600. The van der Waals surface area contributed by atoms with Crippen molar-refractivity contribution in [3.8, 4) is 0 Å². The number of hydrogen-bond donors (Lipinski definition) is 1. The number of nitrogens with one attached hydrogen (secondary N) is 1. The van der Waals surface area contributed by atoms with Crippen LogP contribution in [-0.4, -0.2) is 54.0 Å². The molecule has 1 aromatic carbocycles. The molecule has 1 heterocycles. The molecule has 7 nitrogen and oxygen atoms in total. The molecule has 1 saturated heterocycles. The molecular formula is C15H24N2O5S2. The zero-order valence-electron chi connectivity index (χ0n) is 13.8. The van der Waals surface area contributed by atoms with Gasteiger partial charge in [-0.2, -0.15) is 4.31 Å². The zero-order chi connectivity index (χ0) is 17.6. The molecular weight excluding hydrogens is 352 g/mol. The van der Waals surface area contributed by atoms with Gasteiger partial charge >= 0.3 is 0 Å². The molecule has 0 unspecified atom stereocenters. The lowest BCUT2D eigenvalue weighted by Crippen LogP contribution is -2.28. The Hall–Kier alpha value is -1.00. The molecule has 1 aliphatic heterocycles. The first kappa shape index (κ1) is 19.3. The Labute approximate surface area is 144 Å². The van der Waals surface area contributed by atoms with E-state index in [9.17, 15) is 16.8 Å². The van der Waals surface area contributed by atoms with Gasteiger partial charge in [0, 0.05) is 32.8 Å². The second-order valence-corrected chi connectivity index (χ2v) is 9.24. The molecule has 0 bridgehead atoms. The summed E-state index contributed by atoms with van der Waals surface area (Å²) in [5, 5.41) is 0. The van der Waals surface area contributed by atoms with Crippen LogP contribution in [0.4, 0.5) is 0 Å². The molecule has 1 N–H and O–H groups in total. The molecule has 0 aliphatic carbocycles. The SMILES string of the molecule is CCOCCCNS(=O)(=O)c1ccc(S(=O)(=O)N2CCCC2)cc1. The van der Waals surface area contributed by atoms with E-state index in [0.29, 0.717) is 32.7 Å². The number of benzene rings is 1. The first-order valence-corrected chi connectivity index (χ1v) is 11.0. The molecule has 0 spiro atoms. The number of sulfonamides is 2. The van der Waals surface area contributed by atoms with E-state index in [1.54, 1.807) is 0 Å². The Kier molecular flexibility index (Phi) is 6.76. The van der Waals surface area contributed by atoms with Gasteiger partial charge in [0.15, 0.2) is 0 Å². The second-order valence-electron chi connectivity index (χ2n) is 5.53. The van der Waals surface area contributed by atoms with Gasteiger partial charge in [0.25, 0.3) is 0 Å². The number of ether oxygens (including phenoxy) is 1. The summed E-state index contributed by atoms with van der Waals surface area (Å²) >= 11 is 0. The van der Waals surface area contributed by atoms with Crippen molar-refractivity contribution in [2.45, 2.75) is 36.0 Å². The van der Waals surface area contributed by atoms with Crippen LogP contribution in [0.25, 0.3) is 0 Å². The van der Waals surface area contributed by atoms with Crippen molar-refractivity contribution in [2.75, 3.05) is 32.8 Å². The van der Waals surface area contributed by atoms with Crippen molar-refractivity contribution in [3.05, 3.63) is 24.3 Å². The van der Waals surface area contributed by atoms with Crippen molar-refractivity contribution in [2.24, 2.45) is 0 Å². The van der Waals surface area contributed by atoms with Crippen LogP contribution in [0.3, 0.4) is 0 Å². The monoisotopic (exact) mass is 376 g/mol. The van der Waals surface area contributed by atoms with Crippen LogP contribution in [0.1, 0.15) is 26.2 Å². The standard InChI is InChI=1S/C15H24N2O5S2/c1-2-22-13-5-10-16-23(18,19)14-6-8-15(9-7-14)24(20,21)17-11-3-4-12-17/h6-9,16H,2-5,10-13H2,1H3. The number of rotatable bonds is 9. The summed E-state index contributed by atoms with van der Waals surface area (Å²) in [7, 11) is -7.17. The van der Waals surface area contributed by atoms with E-state index in [2.05, 4.69) is 4.72 Å². The molecule has 9 heteroatoms. The van der Waals surface area contributed by atoms with Gasteiger partial charge < -0.3 is 4.74 Å². The molecule has 1 fully saturated rings. The fourth-order valence-corrected chi connectivity index (χ4v) is 5.07. The molecule has 24 heavy (non-hydrogen) atoms. The lowest BCUT2D eigenvalue weighted by Gasteiger charge is -2.15. The Bertz CT molecular complexity index is 724. The minimum atomic E-state index is -3.64. The van der Waals surface area contributed by atoms with E-state index in [1.807, 2.05) is 6.92 Å². The van der Waals surface area contributed by atoms with Crippen molar-refractivity contribution in [3.63, 3.8) is 0 Å². The van der Waals surface area contributed by atoms with E-state index in [0.717, 1.165) is 12.8 Å². The molecule has 0 amide bonds. The topological polar surface area (TPSA) is 92.8 Å². The van der Waals surface area contributed by atoms with Crippen molar-refractivity contribution < 1.29 is 21.6 Å². The van der Waals surface area contributed by atoms with Crippen molar-refractivity contribution >= 4 is 20.0 Å². The summed E-state index contributed by atoms with van der Waals surface area (Å²) in [6.45, 7) is 4.28. The second kappa shape index (κ2) is 8.39. The molecule has 0 radical (unpaired) electrons. The smallest absolute Gasteiger partial charge is 0.243 e. The Morgan fingerprint density at radius 1 is 1.04 bits per heavy atom. The third kappa shape index (κ3) is 4.76. The molecule has 0 atom stereocenters. The molecule has 1 aromatic rings. The molecule has 136 valence electrons. The van der Waals surface area contributed by atoms with Crippen LogP contribution >= 0.6 is 0 Å². The van der Waals surface area contributed by atoms with Gasteiger partial charge in [0.2, 0.25) is 20.0 Å². The van der Waals surface area contributed by atoms with E-state index in [4.69, 9.17) is 4.74 Å². The molecule has 0 saturated carbocycles. The summed E-state index contributed by atoms with van der Waals surface area (Å²) in [5.74, 6) is 0. The predicted octanol–water partition coefficient (Wildman–Crippen LogP) is 1.18. The van der Waals surface area contributed by atoms with Gasteiger partial charge in [-0.25, -0.2) is 21.6 Å². The quantitative estimate of drug-likeness (QED) is 0.653. The van der Waals surface area contributed by atoms with Gasteiger partial charge in [-0.1, -0.05) is 0 Å². The first-order chi connectivity index (χ1) is 11.4. The van der Waals surface area contributed by atoms with Crippen LogP contribution in [0.2, 0.25) is 0 Å². The highest BCUT2D eigenvalue weighted by Gasteiger charge is 2.27. The average molecular weight is 377 g/mol. The van der Waals surface area contributed by atoms with E-state index in [-0.39, 0.29) is 16.3 Å². The number of nitrogens with zero attached hydrogens (tertiary/aromatic N) is 1. The van der Waals surface area contributed by atoms with Crippen LogP contribution in [0, 0.1) is 0 Å². The van der Waals surface area contributed by atoms with Gasteiger partial charge in [-0.3, -0.25) is 0 Å². The van der Waals surface area contributed by atoms with E-state index < -0.39 is 20.0 Å². The first-order valence-electron chi connectivity index (χ1n) is 8.05.